The van der Waals surface area contributed by atoms with Crippen LogP contribution in [0.2, 0.25) is 0 Å². The summed E-state index contributed by atoms with van der Waals surface area (Å²) in [6.45, 7) is 0. The predicted molar refractivity (Wildman–Crippen MR) is 243 cm³/mol. The fourth-order valence-corrected chi connectivity index (χ4v) is 8.13. The summed E-state index contributed by atoms with van der Waals surface area (Å²) in [5.41, 5.74) is 15.4. The van der Waals surface area contributed by atoms with E-state index < -0.39 is 0 Å². The Morgan fingerprint density at radius 1 is 0.211 bits per heavy atom. The summed E-state index contributed by atoms with van der Waals surface area (Å²) in [5, 5.41) is 5.01. The number of rotatable bonds is 8. The van der Waals surface area contributed by atoms with Crippen LogP contribution in [-0.2, 0) is 0 Å². The highest BCUT2D eigenvalue weighted by molar-refractivity contribution is 6.01. The van der Waals surface area contributed by atoms with Gasteiger partial charge in [-0.05, 0) is 126 Å². The fourth-order valence-electron chi connectivity index (χ4n) is 8.13. The third-order valence-corrected chi connectivity index (χ3v) is 11.1. The van der Waals surface area contributed by atoms with Crippen LogP contribution in [0.15, 0.2) is 237 Å². The van der Waals surface area contributed by atoms with E-state index in [4.69, 9.17) is 0 Å². The van der Waals surface area contributed by atoms with E-state index in [-0.39, 0.29) is 0 Å². The lowest BCUT2D eigenvalue weighted by Gasteiger charge is -2.26. The lowest BCUT2D eigenvalue weighted by molar-refractivity contribution is 1.28. The zero-order chi connectivity index (χ0) is 38.0. The third-order valence-electron chi connectivity index (χ3n) is 11.1. The monoisotopic (exact) mass is 725 g/mol. The molecule has 10 aromatic rings. The van der Waals surface area contributed by atoms with Crippen LogP contribution in [-0.4, -0.2) is 0 Å². The normalized spacial score (nSPS) is 11.2. The standard InChI is InChI=1S/C56H39N/c1-3-12-40(13-4-1)42-24-31-50(32-25-42)57(51-33-26-43(27-34-51)48-23-22-41-14-7-8-18-47(41)38-48)52-35-28-44(29-36-52)49-30-37-55(56(39-49)46-15-5-2-6-16-46)54-21-11-19-45-17-9-10-20-53(45)54/h1-39H. The first-order valence-electron chi connectivity index (χ1n) is 19.6. The number of hydrogen-bond donors (Lipinski definition) is 0. The Kier molecular flexibility index (Phi) is 8.95. The van der Waals surface area contributed by atoms with E-state index in [1.807, 2.05) is 0 Å². The molecule has 0 radical (unpaired) electrons. The molecule has 0 N–H and O–H groups in total. The molecule has 0 heterocycles. The molecule has 0 aliphatic carbocycles. The zero-order valence-electron chi connectivity index (χ0n) is 31.5. The average Bonchev–Trinajstić information content (AvgIpc) is 3.30. The van der Waals surface area contributed by atoms with E-state index in [1.54, 1.807) is 0 Å². The highest BCUT2D eigenvalue weighted by Crippen LogP contribution is 2.41. The second-order valence-electron chi connectivity index (χ2n) is 14.6. The minimum atomic E-state index is 1.10. The first-order chi connectivity index (χ1) is 28.2. The topological polar surface area (TPSA) is 3.24 Å². The van der Waals surface area contributed by atoms with Gasteiger partial charge in [0.05, 0.1) is 0 Å². The highest BCUT2D eigenvalue weighted by Gasteiger charge is 2.16. The van der Waals surface area contributed by atoms with Gasteiger partial charge in [-0.15, -0.1) is 0 Å². The first-order valence-corrected chi connectivity index (χ1v) is 19.6. The van der Waals surface area contributed by atoms with Crippen LogP contribution in [0.4, 0.5) is 17.1 Å². The molecule has 0 atom stereocenters. The number of nitrogens with zero attached hydrogens (tertiary/aromatic N) is 1. The molecule has 0 fully saturated rings. The lowest BCUT2D eigenvalue weighted by atomic mass is 9.89. The van der Waals surface area contributed by atoms with Gasteiger partial charge in [0.1, 0.15) is 0 Å². The molecule has 0 saturated carbocycles. The molecule has 0 unspecified atom stereocenters. The lowest BCUT2D eigenvalue weighted by Crippen LogP contribution is -2.09. The summed E-state index contributed by atoms with van der Waals surface area (Å²) in [7, 11) is 0. The van der Waals surface area contributed by atoms with Crippen LogP contribution in [0, 0.1) is 0 Å². The van der Waals surface area contributed by atoms with E-state index >= 15 is 0 Å². The molecule has 10 aromatic carbocycles. The van der Waals surface area contributed by atoms with Crippen LogP contribution in [0.1, 0.15) is 0 Å². The average molecular weight is 726 g/mol. The maximum atomic E-state index is 2.35. The van der Waals surface area contributed by atoms with Gasteiger partial charge in [0.15, 0.2) is 0 Å². The van der Waals surface area contributed by atoms with E-state index in [1.165, 1.54) is 77.2 Å². The van der Waals surface area contributed by atoms with Gasteiger partial charge in [0.25, 0.3) is 0 Å². The molecule has 0 aromatic heterocycles. The maximum absolute atomic E-state index is 2.35. The SMILES string of the molecule is c1ccc(-c2ccc(N(c3ccc(-c4ccc(-c5cccc6ccccc56)c(-c5ccccc5)c4)cc3)c3ccc(-c4ccc5ccccc5c4)cc3)cc2)cc1. The fraction of sp³-hybridized carbons (Fsp3) is 0. The molecule has 1 nitrogen and oxygen atoms in total. The Morgan fingerprint density at radius 3 is 1.28 bits per heavy atom. The Balaban J connectivity index is 1.03. The molecule has 0 aliphatic rings. The van der Waals surface area contributed by atoms with Crippen molar-refractivity contribution in [1.82, 2.24) is 0 Å². The molecular weight excluding hydrogens is 687 g/mol. The molecule has 0 spiro atoms. The van der Waals surface area contributed by atoms with Crippen molar-refractivity contribution in [3.05, 3.63) is 237 Å². The number of hydrogen-bond acceptors (Lipinski definition) is 1. The van der Waals surface area contributed by atoms with Gasteiger partial charge in [-0.2, -0.15) is 0 Å². The van der Waals surface area contributed by atoms with E-state index in [0.717, 1.165) is 17.1 Å². The summed E-state index contributed by atoms with van der Waals surface area (Å²) < 4.78 is 0. The maximum Gasteiger partial charge on any atom is 0.0462 e. The Morgan fingerprint density at radius 2 is 0.649 bits per heavy atom. The van der Waals surface area contributed by atoms with Gasteiger partial charge in [0.2, 0.25) is 0 Å². The van der Waals surface area contributed by atoms with Crippen molar-refractivity contribution >= 4 is 38.6 Å². The van der Waals surface area contributed by atoms with Crippen LogP contribution in [0.25, 0.3) is 77.2 Å². The predicted octanol–water partition coefficient (Wildman–Crippen LogP) is 15.8. The summed E-state index contributed by atoms with van der Waals surface area (Å²) in [6.07, 6.45) is 0. The van der Waals surface area contributed by atoms with Crippen LogP contribution >= 0.6 is 0 Å². The highest BCUT2D eigenvalue weighted by atomic mass is 15.1. The van der Waals surface area contributed by atoms with Gasteiger partial charge in [-0.1, -0.05) is 188 Å². The molecule has 10 rings (SSSR count). The molecule has 0 bridgehead atoms. The number of fused-ring (bicyclic) bond motifs is 2. The molecular formula is C56H39N. The van der Waals surface area contributed by atoms with Crippen molar-refractivity contribution in [3.63, 3.8) is 0 Å². The van der Waals surface area contributed by atoms with E-state index in [2.05, 4.69) is 241 Å². The van der Waals surface area contributed by atoms with Crippen molar-refractivity contribution < 1.29 is 0 Å². The molecule has 0 saturated heterocycles. The van der Waals surface area contributed by atoms with Gasteiger partial charge >= 0.3 is 0 Å². The van der Waals surface area contributed by atoms with Crippen LogP contribution < -0.4 is 4.90 Å². The van der Waals surface area contributed by atoms with Crippen LogP contribution in [0.5, 0.6) is 0 Å². The van der Waals surface area contributed by atoms with Crippen molar-refractivity contribution in [2.75, 3.05) is 4.90 Å². The molecule has 0 aliphatic heterocycles. The molecule has 0 amide bonds. The summed E-state index contributed by atoms with van der Waals surface area (Å²) in [5.74, 6) is 0. The van der Waals surface area contributed by atoms with Gasteiger partial charge in [-0.25, -0.2) is 0 Å². The van der Waals surface area contributed by atoms with Crippen molar-refractivity contribution in [3.8, 4) is 55.6 Å². The zero-order valence-corrected chi connectivity index (χ0v) is 31.5. The van der Waals surface area contributed by atoms with Gasteiger partial charge in [0, 0.05) is 17.1 Å². The quantitative estimate of drug-likeness (QED) is 0.151. The van der Waals surface area contributed by atoms with E-state index in [9.17, 15) is 0 Å². The first kappa shape index (κ1) is 34.0. The summed E-state index contributed by atoms with van der Waals surface area (Å²) in [4.78, 5) is 2.35. The largest absolute Gasteiger partial charge is 0.311 e. The smallest absolute Gasteiger partial charge is 0.0462 e. The second kappa shape index (κ2) is 15.0. The van der Waals surface area contributed by atoms with Crippen molar-refractivity contribution in [2.24, 2.45) is 0 Å². The van der Waals surface area contributed by atoms with Gasteiger partial charge < -0.3 is 4.90 Å². The van der Waals surface area contributed by atoms with Crippen molar-refractivity contribution in [1.29, 1.82) is 0 Å². The molecule has 57 heavy (non-hydrogen) atoms. The molecule has 1 heteroatoms. The second-order valence-corrected chi connectivity index (χ2v) is 14.6. The van der Waals surface area contributed by atoms with Crippen molar-refractivity contribution in [2.45, 2.75) is 0 Å². The minimum Gasteiger partial charge on any atom is -0.311 e. The summed E-state index contributed by atoms with van der Waals surface area (Å²) >= 11 is 0. The Hall–Kier alpha value is -7.48. The van der Waals surface area contributed by atoms with Gasteiger partial charge in [-0.3, -0.25) is 0 Å². The minimum absolute atomic E-state index is 1.10. The third kappa shape index (κ3) is 6.77. The van der Waals surface area contributed by atoms with E-state index in [0.29, 0.717) is 0 Å². The number of anilines is 3. The summed E-state index contributed by atoms with van der Waals surface area (Å²) in [6, 6.07) is 85.6. The Bertz CT molecular complexity index is 2960. The number of benzene rings is 10. The van der Waals surface area contributed by atoms with Crippen LogP contribution in [0.3, 0.4) is 0 Å². The Labute approximate surface area is 334 Å². The molecule has 268 valence electrons.